The third kappa shape index (κ3) is 4.65. The quantitative estimate of drug-likeness (QED) is 0.729. The van der Waals surface area contributed by atoms with Crippen molar-refractivity contribution >= 4 is 11.4 Å². The Balaban J connectivity index is 2.07. The van der Waals surface area contributed by atoms with Crippen molar-refractivity contribution in [2.45, 2.75) is 39.7 Å². The molecule has 124 valence electrons. The summed E-state index contributed by atoms with van der Waals surface area (Å²) in [4.78, 5) is 2.41. The van der Waals surface area contributed by atoms with Gasteiger partial charge in [0.15, 0.2) is 0 Å². The fourth-order valence-electron chi connectivity index (χ4n) is 2.89. The number of nitrogens with zero attached hydrogens (tertiary/aromatic N) is 1. The second-order valence-corrected chi connectivity index (χ2v) is 5.90. The van der Waals surface area contributed by atoms with Crippen molar-refractivity contribution in [1.29, 1.82) is 0 Å². The number of nitrogens with two attached hydrogens (primary N) is 1. The Hall–Kier alpha value is -2.16. The maximum Gasteiger partial charge on any atom is 0.142 e. The molecule has 3 nitrogen and oxygen atoms in total. The summed E-state index contributed by atoms with van der Waals surface area (Å²) in [5, 5.41) is 0. The predicted octanol–water partition coefficient (Wildman–Crippen LogP) is 4.52. The summed E-state index contributed by atoms with van der Waals surface area (Å²) in [7, 11) is 0. The number of benzene rings is 2. The van der Waals surface area contributed by atoms with E-state index in [2.05, 4.69) is 62.1 Å². The van der Waals surface area contributed by atoms with Gasteiger partial charge in [-0.15, -0.1) is 0 Å². The van der Waals surface area contributed by atoms with Gasteiger partial charge >= 0.3 is 0 Å². The normalized spacial score (nSPS) is 12.0. The maximum absolute atomic E-state index is 6.12. The SMILES string of the molecule is CCCOc1ccc(CC(C)N(CC)c2ccccc2)cc1N. The molecule has 0 heterocycles. The molecule has 0 aliphatic heterocycles. The van der Waals surface area contributed by atoms with Crippen molar-refractivity contribution in [1.82, 2.24) is 0 Å². The van der Waals surface area contributed by atoms with Crippen LogP contribution in [0.3, 0.4) is 0 Å². The van der Waals surface area contributed by atoms with Crippen molar-refractivity contribution in [2.75, 3.05) is 23.8 Å². The molecule has 2 rings (SSSR count). The topological polar surface area (TPSA) is 38.5 Å². The molecule has 0 saturated heterocycles. The van der Waals surface area contributed by atoms with Crippen LogP contribution in [-0.4, -0.2) is 19.2 Å². The van der Waals surface area contributed by atoms with Crippen LogP contribution in [-0.2, 0) is 6.42 Å². The highest BCUT2D eigenvalue weighted by Gasteiger charge is 2.14. The van der Waals surface area contributed by atoms with Crippen molar-refractivity contribution in [3.63, 3.8) is 0 Å². The zero-order valence-corrected chi connectivity index (χ0v) is 14.5. The van der Waals surface area contributed by atoms with Crippen LogP contribution in [0.1, 0.15) is 32.8 Å². The predicted molar refractivity (Wildman–Crippen MR) is 99.3 cm³/mol. The minimum absolute atomic E-state index is 0.407. The van der Waals surface area contributed by atoms with E-state index >= 15 is 0 Å². The summed E-state index contributed by atoms with van der Waals surface area (Å²) in [6.07, 6.45) is 1.95. The Morgan fingerprint density at radius 1 is 1.09 bits per heavy atom. The number of likely N-dealkylation sites (N-methyl/N-ethyl adjacent to an activating group) is 1. The van der Waals surface area contributed by atoms with Gasteiger partial charge in [0.05, 0.1) is 12.3 Å². The summed E-state index contributed by atoms with van der Waals surface area (Å²) in [5.41, 5.74) is 9.35. The van der Waals surface area contributed by atoms with Crippen LogP contribution in [0.15, 0.2) is 48.5 Å². The van der Waals surface area contributed by atoms with E-state index in [4.69, 9.17) is 10.5 Å². The van der Waals surface area contributed by atoms with Crippen LogP contribution in [0.4, 0.5) is 11.4 Å². The third-order valence-electron chi connectivity index (χ3n) is 4.03. The van der Waals surface area contributed by atoms with E-state index in [1.165, 1.54) is 11.3 Å². The first-order valence-corrected chi connectivity index (χ1v) is 8.48. The standard InChI is InChI=1S/C20H28N2O/c1-4-13-23-20-12-11-17(15-19(20)21)14-16(3)22(5-2)18-9-7-6-8-10-18/h6-12,15-16H,4-5,13-14,21H2,1-3H3. The number of hydrogen-bond donors (Lipinski definition) is 1. The number of anilines is 2. The molecule has 2 N–H and O–H groups in total. The Morgan fingerprint density at radius 2 is 1.83 bits per heavy atom. The molecule has 0 radical (unpaired) electrons. The highest BCUT2D eigenvalue weighted by molar-refractivity contribution is 5.55. The lowest BCUT2D eigenvalue weighted by atomic mass is 10.0. The van der Waals surface area contributed by atoms with Gasteiger partial charge in [0.25, 0.3) is 0 Å². The molecule has 0 aliphatic carbocycles. The second-order valence-electron chi connectivity index (χ2n) is 5.90. The fraction of sp³-hybridized carbons (Fsp3) is 0.400. The molecule has 1 unspecified atom stereocenters. The monoisotopic (exact) mass is 312 g/mol. The minimum atomic E-state index is 0.407. The number of hydrogen-bond acceptors (Lipinski definition) is 3. The molecule has 0 aliphatic rings. The minimum Gasteiger partial charge on any atom is -0.491 e. The Bertz CT molecular complexity index is 598. The summed E-state index contributed by atoms with van der Waals surface area (Å²) in [5.74, 6) is 0.790. The largest absolute Gasteiger partial charge is 0.491 e. The number of para-hydroxylation sites is 1. The van der Waals surface area contributed by atoms with Crippen molar-refractivity contribution < 1.29 is 4.74 Å². The first kappa shape index (κ1) is 17.2. The van der Waals surface area contributed by atoms with Gasteiger partial charge in [-0.2, -0.15) is 0 Å². The molecule has 2 aromatic rings. The molecular weight excluding hydrogens is 284 g/mol. The van der Waals surface area contributed by atoms with Gasteiger partial charge in [0, 0.05) is 18.3 Å². The van der Waals surface area contributed by atoms with Gasteiger partial charge in [-0.3, -0.25) is 0 Å². The average Bonchev–Trinajstić information content (AvgIpc) is 2.56. The molecule has 0 aromatic heterocycles. The van der Waals surface area contributed by atoms with Gasteiger partial charge in [-0.05, 0) is 56.5 Å². The molecule has 23 heavy (non-hydrogen) atoms. The van der Waals surface area contributed by atoms with Crippen molar-refractivity contribution in [3.8, 4) is 5.75 Å². The molecule has 0 fully saturated rings. The van der Waals surface area contributed by atoms with E-state index in [0.717, 1.165) is 30.8 Å². The summed E-state index contributed by atoms with van der Waals surface area (Å²) in [6, 6.07) is 17.1. The van der Waals surface area contributed by atoms with Crippen molar-refractivity contribution in [2.24, 2.45) is 0 Å². The van der Waals surface area contributed by atoms with Crippen LogP contribution < -0.4 is 15.4 Å². The number of ether oxygens (including phenoxy) is 1. The first-order chi connectivity index (χ1) is 11.2. The Labute approximate surface area is 140 Å². The molecular formula is C20H28N2O. The van der Waals surface area contributed by atoms with Crippen LogP contribution >= 0.6 is 0 Å². The van der Waals surface area contributed by atoms with E-state index in [-0.39, 0.29) is 0 Å². The first-order valence-electron chi connectivity index (χ1n) is 8.48. The lowest BCUT2D eigenvalue weighted by Gasteiger charge is -2.30. The van der Waals surface area contributed by atoms with Gasteiger partial charge in [-0.1, -0.05) is 31.2 Å². The number of rotatable bonds is 8. The molecule has 1 atom stereocenters. The van der Waals surface area contributed by atoms with Crippen LogP contribution in [0.25, 0.3) is 0 Å². The van der Waals surface area contributed by atoms with E-state index in [1.54, 1.807) is 0 Å². The number of nitrogen functional groups attached to an aromatic ring is 1. The van der Waals surface area contributed by atoms with Gasteiger partial charge in [0.1, 0.15) is 5.75 Å². The van der Waals surface area contributed by atoms with E-state index in [1.807, 2.05) is 12.1 Å². The van der Waals surface area contributed by atoms with Gasteiger partial charge < -0.3 is 15.4 Å². The Kier molecular flexibility index (Phi) is 6.33. The summed E-state index contributed by atoms with van der Waals surface area (Å²) in [6.45, 7) is 8.23. The molecule has 0 amide bonds. The smallest absolute Gasteiger partial charge is 0.142 e. The highest BCUT2D eigenvalue weighted by atomic mass is 16.5. The molecule has 0 bridgehead atoms. The molecule has 2 aromatic carbocycles. The zero-order chi connectivity index (χ0) is 16.7. The summed E-state index contributed by atoms with van der Waals surface area (Å²) >= 11 is 0. The maximum atomic E-state index is 6.12. The van der Waals surface area contributed by atoms with Crippen LogP contribution in [0, 0.1) is 0 Å². The average molecular weight is 312 g/mol. The highest BCUT2D eigenvalue weighted by Crippen LogP contribution is 2.25. The van der Waals surface area contributed by atoms with Gasteiger partial charge in [0.2, 0.25) is 0 Å². The van der Waals surface area contributed by atoms with E-state index < -0.39 is 0 Å². The lowest BCUT2D eigenvalue weighted by molar-refractivity contribution is 0.319. The molecule has 3 heteroatoms. The third-order valence-corrected chi connectivity index (χ3v) is 4.03. The van der Waals surface area contributed by atoms with Crippen LogP contribution in [0.2, 0.25) is 0 Å². The van der Waals surface area contributed by atoms with Crippen LogP contribution in [0.5, 0.6) is 5.75 Å². The second kappa shape index (κ2) is 8.47. The molecule has 0 spiro atoms. The summed E-state index contributed by atoms with van der Waals surface area (Å²) < 4.78 is 5.65. The Morgan fingerprint density at radius 3 is 2.43 bits per heavy atom. The fourth-order valence-corrected chi connectivity index (χ4v) is 2.89. The van der Waals surface area contributed by atoms with Crippen molar-refractivity contribution in [3.05, 3.63) is 54.1 Å². The van der Waals surface area contributed by atoms with E-state index in [0.29, 0.717) is 12.6 Å². The van der Waals surface area contributed by atoms with Gasteiger partial charge in [-0.25, -0.2) is 0 Å². The van der Waals surface area contributed by atoms with E-state index in [9.17, 15) is 0 Å². The molecule has 0 saturated carbocycles. The zero-order valence-electron chi connectivity index (χ0n) is 14.5. The lowest BCUT2D eigenvalue weighted by Crippen LogP contribution is -2.34.